The number of carbonyl (C=O) groups excluding carboxylic acids is 4. The van der Waals surface area contributed by atoms with Crippen LogP contribution in [0.25, 0.3) is 0 Å². The van der Waals surface area contributed by atoms with Gasteiger partial charge in [-0.2, -0.15) is 0 Å². The highest BCUT2D eigenvalue weighted by Gasteiger charge is 2.28. The summed E-state index contributed by atoms with van der Waals surface area (Å²) >= 11 is 0. The first-order valence-electron chi connectivity index (χ1n) is 8.13. The van der Waals surface area contributed by atoms with Crippen molar-refractivity contribution in [3.63, 3.8) is 0 Å². The summed E-state index contributed by atoms with van der Waals surface area (Å²) in [5.74, 6) is -2.64. The number of rotatable bonds is 6. The third-order valence-corrected chi connectivity index (χ3v) is 3.87. The zero-order valence-corrected chi connectivity index (χ0v) is 14.8. The van der Waals surface area contributed by atoms with Crippen LogP contribution in [0.1, 0.15) is 12.0 Å². The van der Waals surface area contributed by atoms with E-state index >= 15 is 0 Å². The Morgan fingerprint density at radius 2 is 2.00 bits per heavy atom. The predicted octanol–water partition coefficient (Wildman–Crippen LogP) is -0.291. The second kappa shape index (κ2) is 9.08. The third kappa shape index (κ3) is 4.91. The van der Waals surface area contributed by atoms with E-state index in [1.807, 2.05) is 5.32 Å². The van der Waals surface area contributed by atoms with Crippen molar-refractivity contribution in [2.24, 2.45) is 5.73 Å². The standard InChI is InChI=1S/C16H19F2N5O5/c1-20-16(27)22-12(14(19)25)15(26)21-10-3-2-8(6-9(10)13(17)18)23-4-5-28-7-11(23)24/h2-3,6,12-13H,4-5,7H2,1H3,(H2,19,25)(H,21,26)(H2,20,22,27)/t12-/m1/s1. The van der Waals surface area contributed by atoms with Crippen LogP contribution >= 0.6 is 0 Å². The Kier molecular flexibility index (Phi) is 6.82. The van der Waals surface area contributed by atoms with Crippen LogP contribution in [0.2, 0.25) is 0 Å². The number of urea groups is 1. The maximum atomic E-state index is 13.5. The van der Waals surface area contributed by atoms with Gasteiger partial charge in [0.25, 0.3) is 18.2 Å². The molecule has 0 unspecified atom stereocenters. The molecule has 0 bridgehead atoms. The van der Waals surface area contributed by atoms with Crippen molar-refractivity contribution in [2.45, 2.75) is 12.5 Å². The van der Waals surface area contributed by atoms with E-state index in [0.29, 0.717) is 0 Å². The molecule has 1 aromatic carbocycles. The number of anilines is 2. The van der Waals surface area contributed by atoms with E-state index in [1.54, 1.807) is 0 Å². The highest BCUT2D eigenvalue weighted by molar-refractivity contribution is 6.11. The van der Waals surface area contributed by atoms with Crippen LogP contribution in [0.3, 0.4) is 0 Å². The number of hydrogen-bond donors (Lipinski definition) is 4. The summed E-state index contributed by atoms with van der Waals surface area (Å²) in [7, 11) is 1.26. The summed E-state index contributed by atoms with van der Waals surface area (Å²) in [4.78, 5) is 48.2. The van der Waals surface area contributed by atoms with E-state index in [9.17, 15) is 28.0 Å². The molecule has 1 saturated heterocycles. The van der Waals surface area contributed by atoms with E-state index in [0.717, 1.165) is 6.07 Å². The zero-order chi connectivity index (χ0) is 20.8. The third-order valence-electron chi connectivity index (χ3n) is 3.87. The first kappa shape index (κ1) is 21.0. The molecule has 152 valence electrons. The van der Waals surface area contributed by atoms with Crippen LogP contribution < -0.4 is 26.6 Å². The fourth-order valence-electron chi connectivity index (χ4n) is 2.48. The summed E-state index contributed by atoms with van der Waals surface area (Å²) in [5.41, 5.74) is 4.46. The number of morpholine rings is 1. The average Bonchev–Trinajstić information content (AvgIpc) is 2.66. The number of nitrogens with two attached hydrogens (primary N) is 1. The van der Waals surface area contributed by atoms with E-state index < -0.39 is 35.9 Å². The second-order valence-corrected chi connectivity index (χ2v) is 5.72. The second-order valence-electron chi connectivity index (χ2n) is 5.72. The summed E-state index contributed by atoms with van der Waals surface area (Å²) in [6.45, 7) is 0.306. The monoisotopic (exact) mass is 399 g/mol. The minimum absolute atomic E-state index is 0.159. The van der Waals surface area contributed by atoms with Crippen LogP contribution in [0.4, 0.5) is 25.0 Å². The molecule has 0 aromatic heterocycles. The van der Waals surface area contributed by atoms with E-state index in [4.69, 9.17) is 10.5 Å². The van der Waals surface area contributed by atoms with Gasteiger partial charge in [-0.1, -0.05) is 0 Å². The molecule has 1 heterocycles. The first-order valence-corrected chi connectivity index (χ1v) is 8.13. The van der Waals surface area contributed by atoms with Crippen molar-refractivity contribution >= 4 is 35.1 Å². The lowest BCUT2D eigenvalue weighted by Crippen LogP contribution is -2.54. The molecule has 1 fully saturated rings. The van der Waals surface area contributed by atoms with Crippen LogP contribution in [0.15, 0.2) is 18.2 Å². The largest absolute Gasteiger partial charge is 0.370 e. The fraction of sp³-hybridized carbons (Fsp3) is 0.375. The number of nitrogens with zero attached hydrogens (tertiary/aromatic N) is 1. The van der Waals surface area contributed by atoms with Crippen molar-refractivity contribution in [2.75, 3.05) is 37.0 Å². The Bertz CT molecular complexity index is 789. The highest BCUT2D eigenvalue weighted by Crippen LogP contribution is 2.31. The first-order chi connectivity index (χ1) is 13.2. The number of halogens is 2. The van der Waals surface area contributed by atoms with Crippen molar-refractivity contribution < 1.29 is 32.7 Å². The zero-order valence-electron chi connectivity index (χ0n) is 14.8. The molecule has 1 aromatic rings. The number of carbonyl (C=O) groups is 4. The Morgan fingerprint density at radius 3 is 2.57 bits per heavy atom. The summed E-state index contributed by atoms with van der Waals surface area (Å²) in [6, 6.07) is 0.987. The number of ether oxygens (including phenoxy) is 1. The fourth-order valence-corrected chi connectivity index (χ4v) is 2.48. The molecular formula is C16H19F2N5O5. The van der Waals surface area contributed by atoms with Crippen molar-refractivity contribution in [3.8, 4) is 0 Å². The number of benzene rings is 1. The van der Waals surface area contributed by atoms with Crippen molar-refractivity contribution in [1.29, 1.82) is 0 Å². The molecule has 10 nitrogen and oxygen atoms in total. The lowest BCUT2D eigenvalue weighted by atomic mass is 10.1. The van der Waals surface area contributed by atoms with Crippen LogP contribution in [-0.4, -0.2) is 56.6 Å². The maximum absolute atomic E-state index is 13.5. The molecular weight excluding hydrogens is 380 g/mol. The topological polar surface area (TPSA) is 143 Å². The summed E-state index contributed by atoms with van der Waals surface area (Å²) in [5, 5.41) is 6.31. The number of hydrogen-bond acceptors (Lipinski definition) is 5. The highest BCUT2D eigenvalue weighted by atomic mass is 19.3. The Labute approximate surface area is 158 Å². The van der Waals surface area contributed by atoms with E-state index in [2.05, 4.69) is 10.6 Å². The van der Waals surface area contributed by atoms with Gasteiger partial charge in [-0.25, -0.2) is 13.6 Å². The van der Waals surface area contributed by atoms with Gasteiger partial charge in [-0.3, -0.25) is 14.4 Å². The quantitative estimate of drug-likeness (QED) is 0.486. The van der Waals surface area contributed by atoms with Gasteiger partial charge in [0.2, 0.25) is 5.91 Å². The van der Waals surface area contributed by atoms with E-state index in [-0.39, 0.29) is 37.0 Å². The lowest BCUT2D eigenvalue weighted by molar-refractivity contribution is -0.128. The molecule has 5 amide bonds. The number of nitrogens with one attached hydrogen (secondary N) is 3. The number of amides is 5. The van der Waals surface area contributed by atoms with Crippen molar-refractivity contribution in [1.82, 2.24) is 10.6 Å². The van der Waals surface area contributed by atoms with Gasteiger partial charge in [0, 0.05) is 30.5 Å². The van der Waals surface area contributed by atoms with Gasteiger partial charge in [0.1, 0.15) is 6.61 Å². The minimum Gasteiger partial charge on any atom is -0.370 e. The minimum atomic E-state index is -2.98. The van der Waals surface area contributed by atoms with Gasteiger partial charge in [0.05, 0.1) is 6.61 Å². The Morgan fingerprint density at radius 1 is 1.29 bits per heavy atom. The van der Waals surface area contributed by atoms with Gasteiger partial charge in [-0.15, -0.1) is 0 Å². The van der Waals surface area contributed by atoms with Crippen LogP contribution in [0, 0.1) is 0 Å². The van der Waals surface area contributed by atoms with Gasteiger partial charge in [-0.05, 0) is 18.2 Å². The molecule has 12 heteroatoms. The molecule has 2 rings (SSSR count). The van der Waals surface area contributed by atoms with E-state index in [1.165, 1.54) is 24.1 Å². The molecule has 0 aliphatic carbocycles. The van der Waals surface area contributed by atoms with Gasteiger partial charge >= 0.3 is 6.03 Å². The predicted molar refractivity (Wildman–Crippen MR) is 93.8 cm³/mol. The lowest BCUT2D eigenvalue weighted by Gasteiger charge is -2.27. The molecule has 0 radical (unpaired) electrons. The summed E-state index contributed by atoms with van der Waals surface area (Å²) in [6.07, 6.45) is -2.98. The Balaban J connectivity index is 2.26. The molecule has 1 aliphatic rings. The van der Waals surface area contributed by atoms with Gasteiger partial charge < -0.3 is 31.3 Å². The normalized spacial score (nSPS) is 15.1. The van der Waals surface area contributed by atoms with Gasteiger partial charge in [0.15, 0.2) is 6.04 Å². The average molecular weight is 399 g/mol. The van der Waals surface area contributed by atoms with Crippen LogP contribution in [-0.2, 0) is 19.1 Å². The molecule has 28 heavy (non-hydrogen) atoms. The SMILES string of the molecule is CNC(=O)N[C@H](C(N)=O)C(=O)Nc1ccc(N2CCOCC2=O)cc1C(F)F. The molecule has 0 spiro atoms. The summed E-state index contributed by atoms with van der Waals surface area (Å²) < 4.78 is 32.0. The number of alkyl halides is 2. The molecule has 0 saturated carbocycles. The van der Waals surface area contributed by atoms with Crippen molar-refractivity contribution in [3.05, 3.63) is 23.8 Å². The smallest absolute Gasteiger partial charge is 0.315 e. The molecule has 1 atom stereocenters. The number of primary amides is 1. The van der Waals surface area contributed by atoms with Crippen LogP contribution in [0.5, 0.6) is 0 Å². The maximum Gasteiger partial charge on any atom is 0.315 e. The Hall–Kier alpha value is -3.28. The molecule has 5 N–H and O–H groups in total. The molecule has 1 aliphatic heterocycles.